The van der Waals surface area contributed by atoms with Crippen LogP contribution < -0.4 is 11.1 Å². The molecule has 34 heavy (non-hydrogen) atoms. The van der Waals surface area contributed by atoms with Gasteiger partial charge in [-0.15, -0.1) is 0 Å². The average Bonchev–Trinajstić information content (AvgIpc) is 2.81. The standard InChI is InChI=1S/C27H50N2O5/c1-18(16-20(3)22(5)30)10-11-23-8-6-13-27(33-23)14-12-19(2)25(34-27)9-7-15-29-26(32)21(4)24(31)17-28/h16,18-19,21-25,30-31H,6-15,17,28H2,1-5H3,(H,29,32)/b20-16+/t18-,19-,21-,22-,23-,24-,25+,27-/m0/s1. The Morgan fingerprint density at radius 2 is 1.91 bits per heavy atom. The Hall–Kier alpha value is -0.990. The molecule has 0 radical (unpaired) electrons. The van der Waals surface area contributed by atoms with Gasteiger partial charge in [-0.25, -0.2) is 0 Å². The Morgan fingerprint density at radius 1 is 1.18 bits per heavy atom. The summed E-state index contributed by atoms with van der Waals surface area (Å²) in [6.45, 7) is 10.6. The second-order valence-electron chi connectivity index (χ2n) is 10.9. The van der Waals surface area contributed by atoms with Crippen LogP contribution in [0, 0.1) is 17.8 Å². The van der Waals surface area contributed by atoms with E-state index in [0.717, 1.165) is 63.4 Å². The number of ether oxygens (including phenoxy) is 2. The zero-order valence-corrected chi connectivity index (χ0v) is 22.1. The van der Waals surface area contributed by atoms with Gasteiger partial charge in [0.15, 0.2) is 5.79 Å². The molecule has 2 rings (SSSR count). The molecule has 198 valence electrons. The van der Waals surface area contributed by atoms with Crippen LogP contribution in [0.5, 0.6) is 0 Å². The molecule has 2 heterocycles. The van der Waals surface area contributed by atoms with E-state index in [1.54, 1.807) is 6.92 Å². The number of hydrogen-bond donors (Lipinski definition) is 4. The van der Waals surface area contributed by atoms with Crippen molar-refractivity contribution in [3.8, 4) is 0 Å². The van der Waals surface area contributed by atoms with Gasteiger partial charge < -0.3 is 30.7 Å². The lowest BCUT2D eigenvalue weighted by Gasteiger charge is -2.48. The summed E-state index contributed by atoms with van der Waals surface area (Å²) in [4.78, 5) is 12.1. The molecule has 2 aliphatic rings. The Morgan fingerprint density at radius 3 is 2.59 bits per heavy atom. The second-order valence-corrected chi connectivity index (χ2v) is 10.9. The summed E-state index contributed by atoms with van der Waals surface area (Å²) in [6, 6.07) is 0. The van der Waals surface area contributed by atoms with Gasteiger partial charge in [-0.2, -0.15) is 0 Å². The molecule has 1 spiro atoms. The van der Waals surface area contributed by atoms with E-state index in [1.807, 2.05) is 13.8 Å². The van der Waals surface area contributed by atoms with Gasteiger partial charge in [-0.05, 0) is 76.2 Å². The topological polar surface area (TPSA) is 114 Å². The van der Waals surface area contributed by atoms with Crippen molar-refractivity contribution in [3.63, 3.8) is 0 Å². The molecule has 0 unspecified atom stereocenters. The molecule has 0 aromatic rings. The van der Waals surface area contributed by atoms with Crippen molar-refractivity contribution >= 4 is 5.91 Å². The first kappa shape index (κ1) is 29.2. The number of carbonyl (C=O) groups excluding carboxylic acids is 1. The fraction of sp³-hybridized carbons (Fsp3) is 0.889. The van der Waals surface area contributed by atoms with Gasteiger partial charge in [0.25, 0.3) is 0 Å². The van der Waals surface area contributed by atoms with Gasteiger partial charge in [-0.1, -0.05) is 26.8 Å². The van der Waals surface area contributed by atoms with Crippen LogP contribution in [0.1, 0.15) is 92.4 Å². The maximum absolute atomic E-state index is 12.1. The predicted octanol–water partition coefficient (Wildman–Crippen LogP) is 3.66. The van der Waals surface area contributed by atoms with Gasteiger partial charge in [0.05, 0.1) is 30.3 Å². The Kier molecular flexibility index (Phi) is 12.0. The molecule has 1 amide bonds. The molecular formula is C27H50N2O5. The van der Waals surface area contributed by atoms with Crippen molar-refractivity contribution in [1.29, 1.82) is 0 Å². The van der Waals surface area contributed by atoms with Crippen molar-refractivity contribution in [1.82, 2.24) is 5.32 Å². The quantitative estimate of drug-likeness (QED) is 0.249. The largest absolute Gasteiger partial charge is 0.391 e. The lowest BCUT2D eigenvalue weighted by atomic mass is 9.85. The molecule has 5 N–H and O–H groups in total. The number of allylic oxidation sites excluding steroid dienone is 1. The second kappa shape index (κ2) is 13.9. The monoisotopic (exact) mass is 482 g/mol. The predicted molar refractivity (Wildman–Crippen MR) is 135 cm³/mol. The molecule has 8 atom stereocenters. The van der Waals surface area contributed by atoms with Crippen LogP contribution >= 0.6 is 0 Å². The molecule has 2 aliphatic heterocycles. The molecule has 2 fully saturated rings. The number of hydrogen-bond acceptors (Lipinski definition) is 6. The smallest absolute Gasteiger partial charge is 0.225 e. The number of aliphatic hydroxyl groups is 2. The van der Waals surface area contributed by atoms with E-state index >= 15 is 0 Å². The van der Waals surface area contributed by atoms with Crippen molar-refractivity contribution in [2.24, 2.45) is 23.5 Å². The van der Waals surface area contributed by atoms with E-state index in [-0.39, 0.29) is 30.8 Å². The van der Waals surface area contributed by atoms with Crippen LogP contribution in [0.4, 0.5) is 0 Å². The van der Waals surface area contributed by atoms with E-state index in [0.29, 0.717) is 18.4 Å². The Labute approximate surface area is 206 Å². The van der Waals surface area contributed by atoms with Crippen LogP contribution in [0.15, 0.2) is 11.6 Å². The Bertz CT molecular complexity index is 655. The molecule has 0 aliphatic carbocycles. The van der Waals surface area contributed by atoms with Crippen LogP contribution in [0.2, 0.25) is 0 Å². The molecule has 0 saturated carbocycles. The molecule has 0 aromatic carbocycles. The minimum atomic E-state index is -0.806. The molecule has 2 saturated heterocycles. The number of rotatable bonds is 12. The highest BCUT2D eigenvalue weighted by atomic mass is 16.7. The van der Waals surface area contributed by atoms with Crippen LogP contribution in [0.25, 0.3) is 0 Å². The maximum atomic E-state index is 12.1. The molecule has 0 bridgehead atoms. The summed E-state index contributed by atoms with van der Waals surface area (Å²) in [5.74, 6) is -0.229. The van der Waals surface area contributed by atoms with Gasteiger partial charge >= 0.3 is 0 Å². The van der Waals surface area contributed by atoms with Crippen LogP contribution in [-0.2, 0) is 14.3 Å². The average molecular weight is 483 g/mol. The summed E-state index contributed by atoms with van der Waals surface area (Å²) in [5, 5.41) is 22.4. The highest BCUT2D eigenvalue weighted by Crippen LogP contribution is 2.43. The number of carbonyl (C=O) groups is 1. The fourth-order valence-corrected chi connectivity index (χ4v) is 5.10. The molecule has 0 aromatic heterocycles. The van der Waals surface area contributed by atoms with E-state index < -0.39 is 17.8 Å². The zero-order valence-electron chi connectivity index (χ0n) is 22.1. The van der Waals surface area contributed by atoms with E-state index in [2.05, 4.69) is 25.2 Å². The van der Waals surface area contributed by atoms with E-state index in [4.69, 9.17) is 15.2 Å². The third-order valence-electron chi connectivity index (χ3n) is 7.79. The van der Waals surface area contributed by atoms with Gasteiger partial charge in [0, 0.05) is 25.9 Å². The highest BCUT2D eigenvalue weighted by molar-refractivity contribution is 5.78. The molecular weight excluding hydrogens is 432 g/mol. The van der Waals surface area contributed by atoms with Crippen molar-refractivity contribution in [3.05, 3.63) is 11.6 Å². The van der Waals surface area contributed by atoms with Gasteiger partial charge in [0.1, 0.15) is 0 Å². The number of nitrogens with one attached hydrogen (secondary N) is 1. The summed E-state index contributed by atoms with van der Waals surface area (Å²) >= 11 is 0. The van der Waals surface area contributed by atoms with Gasteiger partial charge in [0.2, 0.25) is 5.91 Å². The maximum Gasteiger partial charge on any atom is 0.225 e. The summed E-state index contributed by atoms with van der Waals surface area (Å²) in [7, 11) is 0. The van der Waals surface area contributed by atoms with E-state index in [9.17, 15) is 15.0 Å². The molecule has 7 nitrogen and oxygen atoms in total. The van der Waals surface area contributed by atoms with Crippen molar-refractivity contribution in [2.45, 2.75) is 123 Å². The first-order chi connectivity index (χ1) is 16.1. The Balaban J connectivity index is 1.81. The van der Waals surface area contributed by atoms with Gasteiger partial charge in [-0.3, -0.25) is 4.79 Å². The summed E-state index contributed by atoms with van der Waals surface area (Å²) in [5.41, 5.74) is 6.48. The van der Waals surface area contributed by atoms with E-state index in [1.165, 1.54) is 0 Å². The zero-order chi connectivity index (χ0) is 25.3. The van der Waals surface area contributed by atoms with Crippen molar-refractivity contribution in [2.75, 3.05) is 13.1 Å². The minimum Gasteiger partial charge on any atom is -0.391 e. The normalized spacial score (nSPS) is 31.6. The first-order valence-corrected chi connectivity index (χ1v) is 13.4. The van der Waals surface area contributed by atoms with Crippen molar-refractivity contribution < 1.29 is 24.5 Å². The minimum absolute atomic E-state index is 0.0855. The lowest BCUT2D eigenvalue weighted by molar-refractivity contribution is -0.324. The third-order valence-corrected chi connectivity index (χ3v) is 7.79. The SMILES string of the molecule is C/C(=C\[C@@H](C)CC[C@@H]1CCC[C@]2(CC[C@H](C)[C@@H](CCCNC(=O)[C@@H](C)[C@@H](O)CN)O2)O1)[C@H](C)O. The van der Waals surface area contributed by atoms with Crippen LogP contribution in [0.3, 0.4) is 0 Å². The van der Waals surface area contributed by atoms with Crippen LogP contribution in [-0.4, -0.2) is 59.4 Å². The molecule has 7 heteroatoms. The fourth-order valence-electron chi connectivity index (χ4n) is 5.10. The third kappa shape index (κ3) is 8.90. The number of amides is 1. The first-order valence-electron chi connectivity index (χ1n) is 13.4. The number of aliphatic hydroxyl groups excluding tert-OH is 2. The summed E-state index contributed by atoms with van der Waals surface area (Å²) < 4.78 is 13.2. The summed E-state index contributed by atoms with van der Waals surface area (Å²) in [6.07, 6.45) is 10.3. The highest BCUT2D eigenvalue weighted by Gasteiger charge is 2.44. The lowest BCUT2D eigenvalue weighted by Crippen LogP contribution is -2.50. The number of nitrogens with two attached hydrogens (primary N) is 1.